The minimum atomic E-state index is 0.793. The first-order chi connectivity index (χ1) is 6.16. The van der Waals surface area contributed by atoms with E-state index in [1.807, 2.05) is 33.0 Å². The maximum atomic E-state index is 4.35. The van der Waals surface area contributed by atoms with Crippen LogP contribution in [-0.2, 0) is 0 Å². The molecule has 0 unspecified atom stereocenters. The van der Waals surface area contributed by atoms with Crippen molar-refractivity contribution in [1.82, 2.24) is 15.0 Å². The van der Waals surface area contributed by atoms with Gasteiger partial charge in [-0.1, -0.05) is 0 Å². The van der Waals surface area contributed by atoms with Gasteiger partial charge in [0.2, 0.25) is 0 Å². The van der Waals surface area contributed by atoms with Crippen molar-refractivity contribution in [3.63, 3.8) is 0 Å². The van der Waals surface area contributed by atoms with Crippen molar-refractivity contribution in [3.05, 3.63) is 29.5 Å². The smallest absolute Gasteiger partial charge is 0.125 e. The Hall–Kier alpha value is -1.51. The Balaban J connectivity index is 2.87. The predicted molar refractivity (Wildman–Crippen MR) is 51.5 cm³/mol. The summed E-state index contributed by atoms with van der Waals surface area (Å²) in [4.78, 5) is 12.8. The zero-order valence-corrected chi connectivity index (χ0v) is 8.00. The van der Waals surface area contributed by atoms with E-state index in [4.69, 9.17) is 0 Å². The molecule has 3 heteroatoms. The third kappa shape index (κ3) is 1.37. The van der Waals surface area contributed by atoms with E-state index in [-0.39, 0.29) is 0 Å². The number of aryl methyl sites for hydroxylation is 3. The van der Waals surface area contributed by atoms with Crippen molar-refractivity contribution in [2.75, 3.05) is 0 Å². The standard InChI is InChI=1S/C10H11N3/c1-6-4-9-5-11-8(3)13-10(9)7(2)12-6/h4-5H,1-3H3. The summed E-state index contributed by atoms with van der Waals surface area (Å²) in [7, 11) is 0. The molecule has 3 nitrogen and oxygen atoms in total. The second-order valence-corrected chi connectivity index (χ2v) is 3.20. The molecule has 13 heavy (non-hydrogen) atoms. The highest BCUT2D eigenvalue weighted by molar-refractivity contribution is 5.79. The zero-order valence-electron chi connectivity index (χ0n) is 8.00. The molecule has 0 fully saturated rings. The van der Waals surface area contributed by atoms with Gasteiger partial charge in [0.25, 0.3) is 0 Å². The predicted octanol–water partition coefficient (Wildman–Crippen LogP) is 1.95. The fraction of sp³-hybridized carbons (Fsp3) is 0.300. The molecule has 0 aromatic carbocycles. The van der Waals surface area contributed by atoms with Gasteiger partial charge in [-0.2, -0.15) is 0 Å². The molecule has 66 valence electrons. The van der Waals surface area contributed by atoms with Gasteiger partial charge in [0, 0.05) is 17.3 Å². The van der Waals surface area contributed by atoms with Crippen LogP contribution in [0.4, 0.5) is 0 Å². The molecule has 0 saturated heterocycles. The summed E-state index contributed by atoms with van der Waals surface area (Å²) >= 11 is 0. The summed E-state index contributed by atoms with van der Waals surface area (Å²) in [5, 5.41) is 1.07. The van der Waals surface area contributed by atoms with Crippen molar-refractivity contribution >= 4 is 10.9 Å². The van der Waals surface area contributed by atoms with Crippen LogP contribution in [0.15, 0.2) is 12.3 Å². The number of nitrogens with zero attached hydrogens (tertiary/aromatic N) is 3. The van der Waals surface area contributed by atoms with Crippen molar-refractivity contribution in [2.45, 2.75) is 20.8 Å². The Kier molecular flexibility index (Phi) is 1.72. The molecule has 0 N–H and O–H groups in total. The van der Waals surface area contributed by atoms with Gasteiger partial charge in [-0.15, -0.1) is 0 Å². The quantitative estimate of drug-likeness (QED) is 0.611. The summed E-state index contributed by atoms with van der Waals surface area (Å²) in [5.74, 6) is 0.793. The van der Waals surface area contributed by atoms with Crippen molar-refractivity contribution in [1.29, 1.82) is 0 Å². The van der Waals surface area contributed by atoms with Crippen molar-refractivity contribution < 1.29 is 0 Å². The van der Waals surface area contributed by atoms with Crippen LogP contribution in [0, 0.1) is 20.8 Å². The lowest BCUT2D eigenvalue weighted by Crippen LogP contribution is -1.94. The zero-order chi connectivity index (χ0) is 9.42. The average Bonchev–Trinajstić information content (AvgIpc) is 2.06. The molecule has 0 spiro atoms. The molecule has 2 aromatic rings. The molecule has 0 amide bonds. The van der Waals surface area contributed by atoms with E-state index in [1.54, 1.807) is 0 Å². The van der Waals surface area contributed by atoms with Crippen LogP contribution in [0.3, 0.4) is 0 Å². The lowest BCUT2D eigenvalue weighted by atomic mass is 10.2. The summed E-state index contributed by atoms with van der Waals surface area (Å²) in [5.41, 5.74) is 2.94. The maximum Gasteiger partial charge on any atom is 0.125 e. The second kappa shape index (κ2) is 2.76. The van der Waals surface area contributed by atoms with Crippen LogP contribution in [0.5, 0.6) is 0 Å². The van der Waals surface area contributed by atoms with E-state index < -0.39 is 0 Å². The summed E-state index contributed by atoms with van der Waals surface area (Å²) in [6.07, 6.45) is 1.85. The van der Waals surface area contributed by atoms with Gasteiger partial charge in [-0.05, 0) is 26.8 Å². The lowest BCUT2D eigenvalue weighted by molar-refractivity contribution is 1.06. The molecule has 0 radical (unpaired) electrons. The molecule has 2 rings (SSSR count). The molecule has 0 bridgehead atoms. The van der Waals surface area contributed by atoms with Crippen LogP contribution in [-0.4, -0.2) is 15.0 Å². The number of aromatic nitrogens is 3. The van der Waals surface area contributed by atoms with Crippen LogP contribution in [0.1, 0.15) is 17.2 Å². The Morgan fingerprint density at radius 2 is 1.85 bits per heavy atom. The molecular formula is C10H11N3. The van der Waals surface area contributed by atoms with E-state index >= 15 is 0 Å². The van der Waals surface area contributed by atoms with Gasteiger partial charge in [0.15, 0.2) is 0 Å². The van der Waals surface area contributed by atoms with Gasteiger partial charge in [0.1, 0.15) is 5.82 Å². The fourth-order valence-electron chi connectivity index (χ4n) is 1.45. The largest absolute Gasteiger partial charge is 0.256 e. The normalized spacial score (nSPS) is 10.7. The minimum absolute atomic E-state index is 0.793. The fourth-order valence-corrected chi connectivity index (χ4v) is 1.45. The topological polar surface area (TPSA) is 38.7 Å². The molecule has 0 aliphatic heterocycles. The Bertz CT molecular complexity index is 463. The lowest BCUT2D eigenvalue weighted by Gasteiger charge is -2.02. The van der Waals surface area contributed by atoms with Gasteiger partial charge in [0.05, 0.1) is 11.2 Å². The number of pyridine rings is 1. The summed E-state index contributed by atoms with van der Waals surface area (Å²) in [6, 6.07) is 2.00. The van der Waals surface area contributed by atoms with Gasteiger partial charge in [-0.3, -0.25) is 4.98 Å². The first-order valence-corrected chi connectivity index (χ1v) is 4.24. The highest BCUT2D eigenvalue weighted by Gasteiger charge is 2.01. The second-order valence-electron chi connectivity index (χ2n) is 3.20. The van der Waals surface area contributed by atoms with E-state index in [9.17, 15) is 0 Å². The van der Waals surface area contributed by atoms with E-state index in [0.717, 1.165) is 28.1 Å². The van der Waals surface area contributed by atoms with Gasteiger partial charge >= 0.3 is 0 Å². The summed E-state index contributed by atoms with van der Waals surface area (Å²) < 4.78 is 0. The maximum absolute atomic E-state index is 4.35. The first kappa shape index (κ1) is 8.10. The van der Waals surface area contributed by atoms with E-state index in [2.05, 4.69) is 15.0 Å². The van der Waals surface area contributed by atoms with Crippen LogP contribution < -0.4 is 0 Å². The van der Waals surface area contributed by atoms with Crippen LogP contribution in [0.25, 0.3) is 10.9 Å². The van der Waals surface area contributed by atoms with E-state index in [0.29, 0.717) is 0 Å². The highest BCUT2D eigenvalue weighted by atomic mass is 14.9. The summed E-state index contributed by atoms with van der Waals surface area (Å²) in [6.45, 7) is 5.84. The first-order valence-electron chi connectivity index (χ1n) is 4.24. The molecule has 2 heterocycles. The molecule has 0 aliphatic carbocycles. The Labute approximate surface area is 76.9 Å². The van der Waals surface area contributed by atoms with E-state index in [1.165, 1.54) is 0 Å². The number of hydrogen-bond donors (Lipinski definition) is 0. The third-order valence-corrected chi connectivity index (χ3v) is 1.99. The Morgan fingerprint density at radius 3 is 2.62 bits per heavy atom. The minimum Gasteiger partial charge on any atom is -0.256 e. The van der Waals surface area contributed by atoms with Crippen LogP contribution in [0.2, 0.25) is 0 Å². The third-order valence-electron chi connectivity index (χ3n) is 1.99. The molecule has 0 atom stereocenters. The SMILES string of the molecule is Cc1cc2cnc(C)nc2c(C)n1. The number of fused-ring (bicyclic) bond motifs is 1. The van der Waals surface area contributed by atoms with Crippen LogP contribution >= 0.6 is 0 Å². The molecule has 0 aliphatic rings. The van der Waals surface area contributed by atoms with Crippen molar-refractivity contribution in [2.24, 2.45) is 0 Å². The monoisotopic (exact) mass is 173 g/mol. The molecular weight excluding hydrogens is 162 g/mol. The molecule has 0 saturated carbocycles. The van der Waals surface area contributed by atoms with Crippen molar-refractivity contribution in [3.8, 4) is 0 Å². The average molecular weight is 173 g/mol. The number of rotatable bonds is 0. The Morgan fingerprint density at radius 1 is 1.08 bits per heavy atom. The van der Waals surface area contributed by atoms with Gasteiger partial charge < -0.3 is 0 Å². The number of hydrogen-bond acceptors (Lipinski definition) is 3. The highest BCUT2D eigenvalue weighted by Crippen LogP contribution is 2.14. The molecule has 2 aromatic heterocycles. The van der Waals surface area contributed by atoms with Gasteiger partial charge in [-0.25, -0.2) is 9.97 Å².